The highest BCUT2D eigenvalue weighted by Gasteiger charge is 2.47. The SMILES string of the molecule is CCN(Cc1ccc(C(=O)N(C)C)cc1)C(=O)CCN1C(=O)C2CCCCC2C1=O. The van der Waals surface area contributed by atoms with Crippen LogP contribution in [0.3, 0.4) is 0 Å². The van der Waals surface area contributed by atoms with E-state index in [0.29, 0.717) is 18.7 Å². The lowest BCUT2D eigenvalue weighted by Crippen LogP contribution is -2.37. The molecule has 162 valence electrons. The highest BCUT2D eigenvalue weighted by molar-refractivity contribution is 6.05. The van der Waals surface area contributed by atoms with E-state index in [0.717, 1.165) is 31.2 Å². The van der Waals surface area contributed by atoms with Crippen LogP contribution in [0.25, 0.3) is 0 Å². The molecule has 4 amide bonds. The van der Waals surface area contributed by atoms with Crippen molar-refractivity contribution < 1.29 is 19.2 Å². The van der Waals surface area contributed by atoms with Gasteiger partial charge in [0.15, 0.2) is 0 Å². The molecule has 7 heteroatoms. The van der Waals surface area contributed by atoms with Crippen molar-refractivity contribution in [3.63, 3.8) is 0 Å². The van der Waals surface area contributed by atoms with Gasteiger partial charge in [-0.2, -0.15) is 0 Å². The largest absolute Gasteiger partial charge is 0.345 e. The van der Waals surface area contributed by atoms with Gasteiger partial charge in [-0.3, -0.25) is 24.1 Å². The van der Waals surface area contributed by atoms with Gasteiger partial charge in [0, 0.05) is 45.7 Å². The average molecular weight is 414 g/mol. The Hall–Kier alpha value is -2.70. The summed E-state index contributed by atoms with van der Waals surface area (Å²) < 4.78 is 0. The van der Waals surface area contributed by atoms with Gasteiger partial charge in [0.1, 0.15) is 0 Å². The number of carbonyl (C=O) groups is 4. The van der Waals surface area contributed by atoms with Crippen LogP contribution < -0.4 is 0 Å². The molecule has 1 aliphatic carbocycles. The van der Waals surface area contributed by atoms with E-state index in [1.807, 2.05) is 19.1 Å². The first-order valence-electron chi connectivity index (χ1n) is 10.8. The van der Waals surface area contributed by atoms with Crippen molar-refractivity contribution in [2.24, 2.45) is 11.8 Å². The molecule has 2 unspecified atom stereocenters. The van der Waals surface area contributed by atoms with Crippen molar-refractivity contribution in [1.29, 1.82) is 0 Å². The quantitative estimate of drug-likeness (QED) is 0.643. The fourth-order valence-electron chi connectivity index (χ4n) is 4.42. The van der Waals surface area contributed by atoms with Crippen LogP contribution >= 0.6 is 0 Å². The number of rotatable bonds is 7. The van der Waals surface area contributed by atoms with Crippen molar-refractivity contribution in [2.45, 2.75) is 45.6 Å². The summed E-state index contributed by atoms with van der Waals surface area (Å²) in [7, 11) is 3.41. The molecule has 30 heavy (non-hydrogen) atoms. The van der Waals surface area contributed by atoms with Crippen molar-refractivity contribution in [3.8, 4) is 0 Å². The van der Waals surface area contributed by atoms with E-state index in [1.54, 1.807) is 31.1 Å². The van der Waals surface area contributed by atoms with Crippen LogP contribution in [-0.4, -0.2) is 65.5 Å². The zero-order valence-corrected chi connectivity index (χ0v) is 18.1. The second-order valence-corrected chi connectivity index (χ2v) is 8.38. The van der Waals surface area contributed by atoms with Gasteiger partial charge in [-0.25, -0.2) is 0 Å². The highest BCUT2D eigenvalue weighted by Crippen LogP contribution is 2.38. The molecule has 2 aliphatic rings. The first kappa shape index (κ1) is 22.0. The maximum absolute atomic E-state index is 12.7. The summed E-state index contributed by atoms with van der Waals surface area (Å²) in [6, 6.07) is 7.23. The number of carbonyl (C=O) groups excluding carboxylic acids is 4. The smallest absolute Gasteiger partial charge is 0.253 e. The molecule has 0 bridgehead atoms. The lowest BCUT2D eigenvalue weighted by Gasteiger charge is -2.23. The van der Waals surface area contributed by atoms with Crippen LogP contribution in [0.1, 0.15) is 54.9 Å². The highest BCUT2D eigenvalue weighted by atomic mass is 16.2. The maximum Gasteiger partial charge on any atom is 0.253 e. The molecule has 3 rings (SSSR count). The third-order valence-corrected chi connectivity index (χ3v) is 6.20. The van der Waals surface area contributed by atoms with E-state index in [2.05, 4.69) is 0 Å². The zero-order valence-electron chi connectivity index (χ0n) is 18.1. The van der Waals surface area contributed by atoms with Crippen molar-refractivity contribution >= 4 is 23.6 Å². The lowest BCUT2D eigenvalue weighted by atomic mass is 9.81. The molecule has 1 saturated carbocycles. The van der Waals surface area contributed by atoms with Crippen LogP contribution in [0.4, 0.5) is 0 Å². The Morgan fingerprint density at radius 2 is 1.57 bits per heavy atom. The minimum absolute atomic E-state index is 0.0644. The Kier molecular flexibility index (Phi) is 6.90. The first-order valence-corrected chi connectivity index (χ1v) is 10.8. The fraction of sp³-hybridized carbons (Fsp3) is 0.565. The molecule has 0 radical (unpaired) electrons. The van der Waals surface area contributed by atoms with E-state index < -0.39 is 0 Å². The molecule has 1 aromatic carbocycles. The Labute approximate surface area is 178 Å². The van der Waals surface area contributed by atoms with Gasteiger partial charge >= 0.3 is 0 Å². The summed E-state index contributed by atoms with van der Waals surface area (Å²) in [5, 5.41) is 0. The molecule has 1 aliphatic heterocycles. The zero-order chi connectivity index (χ0) is 21.8. The van der Waals surface area contributed by atoms with Crippen LogP contribution in [0.2, 0.25) is 0 Å². The van der Waals surface area contributed by atoms with Crippen molar-refractivity contribution in [1.82, 2.24) is 14.7 Å². The van der Waals surface area contributed by atoms with E-state index in [4.69, 9.17) is 0 Å². The van der Waals surface area contributed by atoms with Crippen LogP contribution in [0.15, 0.2) is 24.3 Å². The number of fused-ring (bicyclic) bond motifs is 1. The Morgan fingerprint density at radius 1 is 1.00 bits per heavy atom. The third kappa shape index (κ3) is 4.55. The number of likely N-dealkylation sites (tertiary alicyclic amines) is 1. The molecule has 1 saturated heterocycles. The molecule has 0 N–H and O–H groups in total. The minimum Gasteiger partial charge on any atom is -0.345 e. The summed E-state index contributed by atoms with van der Waals surface area (Å²) >= 11 is 0. The van der Waals surface area contributed by atoms with Crippen molar-refractivity contribution in [2.75, 3.05) is 27.2 Å². The molecule has 2 atom stereocenters. The molecule has 1 heterocycles. The van der Waals surface area contributed by atoms with Gasteiger partial charge in [0.25, 0.3) is 5.91 Å². The standard InChI is InChI=1S/C23H31N3O4/c1-4-25(15-16-9-11-17(12-10-16)21(28)24(2)3)20(27)13-14-26-22(29)18-7-5-6-8-19(18)23(26)30/h9-12,18-19H,4-8,13-15H2,1-3H3. The lowest BCUT2D eigenvalue weighted by molar-refractivity contribution is -0.141. The maximum atomic E-state index is 12.7. The number of hydrogen-bond donors (Lipinski definition) is 0. The molecular weight excluding hydrogens is 382 g/mol. The number of nitrogens with zero attached hydrogens (tertiary/aromatic N) is 3. The van der Waals surface area contributed by atoms with Crippen LogP contribution in [0, 0.1) is 11.8 Å². The number of amides is 4. The van der Waals surface area contributed by atoms with E-state index in [-0.39, 0.29) is 48.4 Å². The summed E-state index contributed by atoms with van der Waals surface area (Å²) in [6.07, 6.45) is 3.70. The summed E-state index contributed by atoms with van der Waals surface area (Å²) in [5.41, 5.74) is 1.53. The number of benzene rings is 1. The molecule has 1 aromatic rings. The summed E-state index contributed by atoms with van der Waals surface area (Å²) in [4.78, 5) is 54.4. The second kappa shape index (κ2) is 9.41. The van der Waals surface area contributed by atoms with Crippen LogP contribution in [0.5, 0.6) is 0 Å². The van der Waals surface area contributed by atoms with Gasteiger partial charge in [-0.15, -0.1) is 0 Å². The third-order valence-electron chi connectivity index (χ3n) is 6.20. The Bertz CT molecular complexity index is 794. The normalized spacial score (nSPS) is 20.8. The van der Waals surface area contributed by atoms with Crippen LogP contribution in [-0.2, 0) is 20.9 Å². The topological polar surface area (TPSA) is 78.0 Å². The van der Waals surface area contributed by atoms with Gasteiger partial charge in [0.05, 0.1) is 11.8 Å². The van der Waals surface area contributed by atoms with Gasteiger partial charge < -0.3 is 9.80 Å². The van der Waals surface area contributed by atoms with Gasteiger partial charge in [-0.1, -0.05) is 25.0 Å². The summed E-state index contributed by atoms with van der Waals surface area (Å²) in [6.45, 7) is 3.03. The fourth-order valence-corrected chi connectivity index (χ4v) is 4.42. The van der Waals surface area contributed by atoms with E-state index in [9.17, 15) is 19.2 Å². The Balaban J connectivity index is 1.57. The molecule has 2 fully saturated rings. The molecular formula is C23H31N3O4. The molecule has 0 spiro atoms. The Morgan fingerprint density at radius 3 is 2.07 bits per heavy atom. The minimum atomic E-state index is -0.174. The molecule has 7 nitrogen and oxygen atoms in total. The van der Waals surface area contributed by atoms with Crippen molar-refractivity contribution in [3.05, 3.63) is 35.4 Å². The predicted molar refractivity (Wildman–Crippen MR) is 112 cm³/mol. The van der Waals surface area contributed by atoms with E-state index in [1.165, 1.54) is 9.80 Å². The first-order chi connectivity index (χ1) is 14.3. The number of hydrogen-bond acceptors (Lipinski definition) is 4. The summed E-state index contributed by atoms with van der Waals surface area (Å²) in [5.74, 6) is -0.686. The second-order valence-electron chi connectivity index (χ2n) is 8.38. The number of imide groups is 1. The van der Waals surface area contributed by atoms with Gasteiger partial charge in [-0.05, 0) is 37.5 Å². The molecule has 0 aromatic heterocycles. The van der Waals surface area contributed by atoms with E-state index >= 15 is 0 Å². The van der Waals surface area contributed by atoms with Gasteiger partial charge in [0.2, 0.25) is 17.7 Å². The average Bonchev–Trinajstić information content (AvgIpc) is 3.00. The predicted octanol–water partition coefficient (Wildman–Crippen LogP) is 2.30. The monoisotopic (exact) mass is 413 g/mol.